The molecule has 0 spiro atoms. The molecule has 6 nitrogen and oxygen atoms in total. The first-order valence-corrected chi connectivity index (χ1v) is 7.96. The van der Waals surface area contributed by atoms with Gasteiger partial charge in [0.25, 0.3) is 0 Å². The number of benzene rings is 1. The van der Waals surface area contributed by atoms with Crippen LogP contribution in [0.15, 0.2) is 18.2 Å². The van der Waals surface area contributed by atoms with Crippen LogP contribution >= 0.6 is 0 Å². The first-order valence-electron chi connectivity index (χ1n) is 7.96. The van der Waals surface area contributed by atoms with Crippen LogP contribution in [0.4, 0.5) is 16.2 Å². The van der Waals surface area contributed by atoms with Crippen molar-refractivity contribution < 1.29 is 9.53 Å². The Hall–Kier alpha value is -2.50. The molecular formula is C17H22N4O2. The molecule has 0 bridgehead atoms. The molecule has 2 aromatic rings. The Labute approximate surface area is 135 Å². The molecule has 23 heavy (non-hydrogen) atoms. The topological polar surface area (TPSA) is 68.2 Å². The molecule has 122 valence electrons. The van der Waals surface area contributed by atoms with Crippen LogP contribution in [0.2, 0.25) is 0 Å². The molecule has 2 N–H and O–H groups in total. The largest absolute Gasteiger partial charge is 0.493 e. The SMILES string of the molecule is CCn1nc(C)c(NC(=O)Nc2ccc3c(c2)CCCO3)c1C. The zero-order chi connectivity index (χ0) is 16.4. The zero-order valence-corrected chi connectivity index (χ0v) is 13.8. The third kappa shape index (κ3) is 3.16. The lowest BCUT2D eigenvalue weighted by atomic mass is 10.1. The van der Waals surface area contributed by atoms with Gasteiger partial charge >= 0.3 is 6.03 Å². The number of fused-ring (bicyclic) bond motifs is 1. The molecule has 0 saturated heterocycles. The summed E-state index contributed by atoms with van der Waals surface area (Å²) in [5.74, 6) is 0.915. The number of carbonyl (C=O) groups is 1. The van der Waals surface area contributed by atoms with Gasteiger partial charge in [-0.3, -0.25) is 4.68 Å². The maximum Gasteiger partial charge on any atom is 0.323 e. The van der Waals surface area contributed by atoms with E-state index >= 15 is 0 Å². The third-order valence-electron chi connectivity index (χ3n) is 4.09. The fourth-order valence-electron chi connectivity index (χ4n) is 2.90. The maximum absolute atomic E-state index is 12.3. The average molecular weight is 314 g/mol. The highest BCUT2D eigenvalue weighted by atomic mass is 16.5. The molecule has 1 aliphatic rings. The summed E-state index contributed by atoms with van der Waals surface area (Å²) in [5.41, 5.74) is 4.45. The zero-order valence-electron chi connectivity index (χ0n) is 13.8. The van der Waals surface area contributed by atoms with E-state index in [-0.39, 0.29) is 6.03 Å². The first kappa shape index (κ1) is 15.4. The molecule has 0 unspecified atom stereocenters. The van der Waals surface area contributed by atoms with Crippen LogP contribution in [-0.2, 0) is 13.0 Å². The van der Waals surface area contributed by atoms with E-state index in [0.717, 1.165) is 60.1 Å². The first-order chi connectivity index (χ1) is 11.1. The highest BCUT2D eigenvalue weighted by molar-refractivity contribution is 6.00. The van der Waals surface area contributed by atoms with E-state index in [0.29, 0.717) is 0 Å². The van der Waals surface area contributed by atoms with Crippen molar-refractivity contribution in [1.82, 2.24) is 9.78 Å². The van der Waals surface area contributed by atoms with Gasteiger partial charge in [-0.25, -0.2) is 4.79 Å². The molecule has 1 aromatic carbocycles. The molecule has 0 aliphatic carbocycles. The number of urea groups is 1. The predicted octanol–water partition coefficient (Wildman–Crippen LogP) is 3.49. The summed E-state index contributed by atoms with van der Waals surface area (Å²) in [6.45, 7) is 7.42. The van der Waals surface area contributed by atoms with Gasteiger partial charge < -0.3 is 15.4 Å². The van der Waals surface area contributed by atoms with Gasteiger partial charge in [0.2, 0.25) is 0 Å². The van der Waals surface area contributed by atoms with Gasteiger partial charge in [-0.2, -0.15) is 5.10 Å². The minimum atomic E-state index is -0.261. The molecular weight excluding hydrogens is 292 g/mol. The Morgan fingerprint density at radius 2 is 2.17 bits per heavy atom. The minimum absolute atomic E-state index is 0.261. The second kappa shape index (κ2) is 6.32. The van der Waals surface area contributed by atoms with Crippen molar-refractivity contribution in [2.24, 2.45) is 0 Å². The number of aryl methyl sites for hydroxylation is 3. The van der Waals surface area contributed by atoms with Gasteiger partial charge in [0.15, 0.2) is 0 Å². The molecule has 0 atom stereocenters. The standard InChI is InChI=1S/C17H22N4O2/c1-4-21-12(3)16(11(2)20-21)19-17(22)18-14-7-8-15-13(10-14)6-5-9-23-15/h7-8,10H,4-6,9H2,1-3H3,(H2,18,19,22). The van der Waals surface area contributed by atoms with E-state index in [9.17, 15) is 4.79 Å². The van der Waals surface area contributed by atoms with Crippen LogP contribution in [0.25, 0.3) is 0 Å². The summed E-state index contributed by atoms with van der Waals surface area (Å²) in [7, 11) is 0. The van der Waals surface area contributed by atoms with Crippen molar-refractivity contribution in [3.05, 3.63) is 35.2 Å². The van der Waals surface area contributed by atoms with Crippen LogP contribution in [0, 0.1) is 13.8 Å². The second-order valence-electron chi connectivity index (χ2n) is 5.72. The number of amides is 2. The van der Waals surface area contributed by atoms with Crippen molar-refractivity contribution in [3.63, 3.8) is 0 Å². The Kier molecular flexibility index (Phi) is 4.23. The molecule has 0 fully saturated rings. The number of carbonyl (C=O) groups excluding carboxylic acids is 1. The lowest BCUT2D eigenvalue weighted by Crippen LogP contribution is -2.20. The minimum Gasteiger partial charge on any atom is -0.493 e. The highest BCUT2D eigenvalue weighted by Crippen LogP contribution is 2.27. The predicted molar refractivity (Wildman–Crippen MR) is 90.3 cm³/mol. The molecule has 6 heteroatoms. The Morgan fingerprint density at radius 3 is 2.91 bits per heavy atom. The Morgan fingerprint density at radius 1 is 1.35 bits per heavy atom. The normalized spacial score (nSPS) is 13.2. The number of nitrogens with one attached hydrogen (secondary N) is 2. The van der Waals surface area contributed by atoms with E-state index in [1.54, 1.807) is 0 Å². The molecule has 1 aliphatic heterocycles. The average Bonchev–Trinajstić information content (AvgIpc) is 2.82. The number of nitrogens with zero attached hydrogens (tertiary/aromatic N) is 2. The van der Waals surface area contributed by atoms with Crippen LogP contribution < -0.4 is 15.4 Å². The van der Waals surface area contributed by atoms with Gasteiger partial charge in [-0.1, -0.05) is 0 Å². The molecule has 2 heterocycles. The molecule has 1 aromatic heterocycles. The molecule has 0 radical (unpaired) electrons. The van der Waals surface area contributed by atoms with Crippen molar-refractivity contribution in [2.75, 3.05) is 17.2 Å². The van der Waals surface area contributed by atoms with E-state index in [1.807, 2.05) is 43.7 Å². The number of hydrogen-bond acceptors (Lipinski definition) is 3. The second-order valence-corrected chi connectivity index (χ2v) is 5.72. The van der Waals surface area contributed by atoms with Crippen molar-refractivity contribution in [3.8, 4) is 5.75 Å². The summed E-state index contributed by atoms with van der Waals surface area (Å²) < 4.78 is 7.46. The molecule has 3 rings (SSSR count). The van der Waals surface area contributed by atoms with Crippen molar-refractivity contribution in [1.29, 1.82) is 0 Å². The van der Waals surface area contributed by atoms with Crippen LogP contribution in [0.3, 0.4) is 0 Å². The van der Waals surface area contributed by atoms with Crippen molar-refractivity contribution >= 4 is 17.4 Å². The van der Waals surface area contributed by atoms with Gasteiger partial charge in [-0.15, -0.1) is 0 Å². The van der Waals surface area contributed by atoms with Gasteiger partial charge in [-0.05, 0) is 57.4 Å². The monoisotopic (exact) mass is 314 g/mol. The molecule has 2 amide bonds. The van der Waals surface area contributed by atoms with Crippen LogP contribution in [0.5, 0.6) is 5.75 Å². The quantitative estimate of drug-likeness (QED) is 0.911. The summed E-state index contributed by atoms with van der Waals surface area (Å²) >= 11 is 0. The lowest BCUT2D eigenvalue weighted by Gasteiger charge is -2.18. The van der Waals surface area contributed by atoms with E-state index in [2.05, 4.69) is 15.7 Å². The van der Waals surface area contributed by atoms with Crippen LogP contribution in [0.1, 0.15) is 30.3 Å². The summed E-state index contributed by atoms with van der Waals surface area (Å²) in [4.78, 5) is 12.3. The number of anilines is 2. The third-order valence-corrected chi connectivity index (χ3v) is 4.09. The summed E-state index contributed by atoms with van der Waals surface area (Å²) in [6, 6.07) is 5.49. The Balaban J connectivity index is 1.71. The summed E-state index contributed by atoms with van der Waals surface area (Å²) in [6.07, 6.45) is 1.99. The number of ether oxygens (including phenoxy) is 1. The fraction of sp³-hybridized carbons (Fsp3) is 0.412. The van der Waals surface area contributed by atoms with Gasteiger partial charge in [0.05, 0.1) is 23.7 Å². The van der Waals surface area contributed by atoms with E-state index < -0.39 is 0 Å². The van der Waals surface area contributed by atoms with Crippen LogP contribution in [-0.4, -0.2) is 22.4 Å². The summed E-state index contributed by atoms with van der Waals surface area (Å²) in [5, 5.41) is 10.2. The van der Waals surface area contributed by atoms with E-state index in [1.165, 1.54) is 0 Å². The highest BCUT2D eigenvalue weighted by Gasteiger charge is 2.15. The number of aromatic nitrogens is 2. The lowest BCUT2D eigenvalue weighted by molar-refractivity contribution is 0.262. The number of hydrogen-bond donors (Lipinski definition) is 2. The fourth-order valence-corrected chi connectivity index (χ4v) is 2.90. The Bertz CT molecular complexity index is 736. The molecule has 0 saturated carbocycles. The maximum atomic E-state index is 12.3. The van der Waals surface area contributed by atoms with Gasteiger partial charge in [0.1, 0.15) is 5.75 Å². The van der Waals surface area contributed by atoms with E-state index in [4.69, 9.17) is 4.74 Å². The smallest absolute Gasteiger partial charge is 0.323 e. The number of rotatable bonds is 3. The van der Waals surface area contributed by atoms with Crippen molar-refractivity contribution in [2.45, 2.75) is 40.2 Å². The van der Waals surface area contributed by atoms with Gasteiger partial charge in [0, 0.05) is 12.2 Å².